The van der Waals surface area contributed by atoms with E-state index >= 15 is 0 Å². The summed E-state index contributed by atoms with van der Waals surface area (Å²) in [5.41, 5.74) is 4.61. The van der Waals surface area contributed by atoms with Crippen molar-refractivity contribution < 1.29 is 14.5 Å². The standard InChI is InChI=1S/C13H10N4O4/c18-12(9-4-6-10(7-5-9)17(20)21)15-16-13(19)11-3-1-2-8-14-11/h1-8H,(H,15,18)(H,16,19). The van der Waals surface area contributed by atoms with Crippen molar-refractivity contribution in [1.82, 2.24) is 15.8 Å². The van der Waals surface area contributed by atoms with Gasteiger partial charge in [0.05, 0.1) is 4.92 Å². The van der Waals surface area contributed by atoms with Crippen molar-refractivity contribution in [2.45, 2.75) is 0 Å². The Kier molecular flexibility index (Phi) is 4.20. The van der Waals surface area contributed by atoms with Gasteiger partial charge in [-0.2, -0.15) is 0 Å². The monoisotopic (exact) mass is 286 g/mol. The Morgan fingerprint density at radius 2 is 1.67 bits per heavy atom. The first-order valence-electron chi connectivity index (χ1n) is 5.84. The minimum Gasteiger partial charge on any atom is -0.267 e. The minimum absolute atomic E-state index is 0.121. The number of rotatable bonds is 3. The Morgan fingerprint density at radius 3 is 2.24 bits per heavy atom. The van der Waals surface area contributed by atoms with Crippen LogP contribution in [0.25, 0.3) is 0 Å². The smallest absolute Gasteiger partial charge is 0.267 e. The average molecular weight is 286 g/mol. The molecule has 0 atom stereocenters. The number of carbonyl (C=O) groups excluding carboxylic acids is 2. The molecule has 0 saturated heterocycles. The topological polar surface area (TPSA) is 114 Å². The molecule has 0 aliphatic rings. The summed E-state index contributed by atoms with van der Waals surface area (Å²) >= 11 is 0. The summed E-state index contributed by atoms with van der Waals surface area (Å²) in [4.78, 5) is 37.1. The molecule has 21 heavy (non-hydrogen) atoms. The van der Waals surface area contributed by atoms with Gasteiger partial charge in [0.2, 0.25) is 0 Å². The normalized spacial score (nSPS) is 9.71. The molecule has 1 aromatic carbocycles. The zero-order valence-corrected chi connectivity index (χ0v) is 10.6. The van der Waals surface area contributed by atoms with Crippen molar-refractivity contribution in [3.8, 4) is 0 Å². The van der Waals surface area contributed by atoms with E-state index in [1.165, 1.54) is 36.5 Å². The fourth-order valence-corrected chi connectivity index (χ4v) is 1.48. The van der Waals surface area contributed by atoms with Gasteiger partial charge in [0.1, 0.15) is 5.69 Å². The van der Waals surface area contributed by atoms with Gasteiger partial charge in [0, 0.05) is 23.9 Å². The van der Waals surface area contributed by atoms with E-state index in [-0.39, 0.29) is 16.9 Å². The molecule has 2 aromatic rings. The first-order chi connectivity index (χ1) is 10.1. The second-order valence-electron chi connectivity index (χ2n) is 3.93. The number of aromatic nitrogens is 1. The van der Waals surface area contributed by atoms with Crippen molar-refractivity contribution in [2.75, 3.05) is 0 Å². The predicted molar refractivity (Wildman–Crippen MR) is 72.3 cm³/mol. The molecular weight excluding hydrogens is 276 g/mol. The molecule has 2 N–H and O–H groups in total. The summed E-state index contributed by atoms with van der Waals surface area (Å²) in [5.74, 6) is -1.15. The molecule has 0 saturated carbocycles. The molecule has 1 aromatic heterocycles. The molecular formula is C13H10N4O4. The summed E-state index contributed by atoms with van der Waals surface area (Å²) in [5, 5.41) is 10.5. The van der Waals surface area contributed by atoms with Crippen LogP contribution < -0.4 is 10.9 Å². The summed E-state index contributed by atoms with van der Waals surface area (Å²) in [6.45, 7) is 0. The third kappa shape index (κ3) is 3.60. The van der Waals surface area contributed by atoms with Crippen molar-refractivity contribution in [3.05, 3.63) is 70.0 Å². The fraction of sp³-hybridized carbons (Fsp3) is 0. The highest BCUT2D eigenvalue weighted by atomic mass is 16.6. The summed E-state index contributed by atoms with van der Waals surface area (Å²) in [7, 11) is 0. The number of hydrogen-bond acceptors (Lipinski definition) is 5. The molecule has 0 bridgehead atoms. The number of amides is 2. The van der Waals surface area contributed by atoms with Crippen LogP contribution in [0.15, 0.2) is 48.7 Å². The quantitative estimate of drug-likeness (QED) is 0.647. The number of hydrogen-bond donors (Lipinski definition) is 2. The number of pyridine rings is 1. The van der Waals surface area contributed by atoms with Gasteiger partial charge in [-0.25, -0.2) is 0 Å². The van der Waals surface area contributed by atoms with Crippen LogP contribution in [0.3, 0.4) is 0 Å². The van der Waals surface area contributed by atoms with Gasteiger partial charge in [-0.3, -0.25) is 35.5 Å². The zero-order valence-electron chi connectivity index (χ0n) is 10.6. The Balaban J connectivity index is 1.96. The SMILES string of the molecule is O=C(NNC(=O)c1ccccn1)c1ccc([N+](=O)[O-])cc1. The minimum atomic E-state index is -0.589. The van der Waals surface area contributed by atoms with Gasteiger partial charge in [-0.1, -0.05) is 6.07 Å². The lowest BCUT2D eigenvalue weighted by atomic mass is 10.2. The number of nitrogens with zero attached hydrogens (tertiary/aromatic N) is 2. The van der Waals surface area contributed by atoms with E-state index in [1.54, 1.807) is 12.1 Å². The Bertz CT molecular complexity index is 670. The van der Waals surface area contributed by atoms with Gasteiger partial charge < -0.3 is 0 Å². The Labute approximate surface area is 118 Å². The first kappa shape index (κ1) is 14.1. The van der Waals surface area contributed by atoms with E-state index in [0.29, 0.717) is 0 Å². The van der Waals surface area contributed by atoms with E-state index in [9.17, 15) is 19.7 Å². The zero-order chi connectivity index (χ0) is 15.2. The molecule has 0 fully saturated rings. The van der Waals surface area contributed by atoms with Crippen LogP contribution in [0.4, 0.5) is 5.69 Å². The van der Waals surface area contributed by atoms with Crippen LogP contribution in [0.5, 0.6) is 0 Å². The van der Waals surface area contributed by atoms with Gasteiger partial charge >= 0.3 is 0 Å². The van der Waals surface area contributed by atoms with Crippen molar-refractivity contribution in [1.29, 1.82) is 0 Å². The molecule has 0 aliphatic heterocycles. The van der Waals surface area contributed by atoms with Crippen LogP contribution in [0.1, 0.15) is 20.8 Å². The number of non-ortho nitro benzene ring substituents is 1. The average Bonchev–Trinajstić information content (AvgIpc) is 2.53. The fourth-order valence-electron chi connectivity index (χ4n) is 1.48. The molecule has 0 aliphatic carbocycles. The van der Waals surface area contributed by atoms with Crippen molar-refractivity contribution in [3.63, 3.8) is 0 Å². The lowest BCUT2D eigenvalue weighted by Crippen LogP contribution is -2.41. The lowest BCUT2D eigenvalue weighted by Gasteiger charge is -2.06. The molecule has 106 valence electrons. The molecule has 1 heterocycles. The number of nitrogens with one attached hydrogen (secondary N) is 2. The third-order valence-corrected chi connectivity index (χ3v) is 2.53. The Hall–Kier alpha value is -3.29. The molecule has 8 nitrogen and oxygen atoms in total. The van der Waals surface area contributed by atoms with E-state index in [4.69, 9.17) is 0 Å². The molecule has 8 heteroatoms. The highest BCUT2D eigenvalue weighted by molar-refractivity contribution is 5.98. The number of benzene rings is 1. The van der Waals surface area contributed by atoms with Crippen LogP contribution in [0, 0.1) is 10.1 Å². The summed E-state index contributed by atoms with van der Waals surface area (Å²) < 4.78 is 0. The summed E-state index contributed by atoms with van der Waals surface area (Å²) in [6, 6.07) is 9.78. The van der Waals surface area contributed by atoms with Crippen LogP contribution >= 0.6 is 0 Å². The maximum Gasteiger partial charge on any atom is 0.288 e. The van der Waals surface area contributed by atoms with Crippen LogP contribution in [0.2, 0.25) is 0 Å². The van der Waals surface area contributed by atoms with Crippen molar-refractivity contribution in [2.24, 2.45) is 0 Å². The second-order valence-corrected chi connectivity index (χ2v) is 3.93. The van der Waals surface area contributed by atoms with Crippen LogP contribution in [-0.4, -0.2) is 21.7 Å². The van der Waals surface area contributed by atoms with E-state index < -0.39 is 16.7 Å². The largest absolute Gasteiger partial charge is 0.288 e. The Morgan fingerprint density at radius 1 is 1.00 bits per heavy atom. The molecule has 2 amide bonds. The lowest BCUT2D eigenvalue weighted by molar-refractivity contribution is -0.384. The number of nitro benzene ring substituents is 1. The second kappa shape index (κ2) is 6.24. The van der Waals surface area contributed by atoms with Crippen molar-refractivity contribution >= 4 is 17.5 Å². The van der Waals surface area contributed by atoms with Gasteiger partial charge in [0.15, 0.2) is 0 Å². The molecule has 0 spiro atoms. The van der Waals surface area contributed by atoms with Gasteiger partial charge in [0.25, 0.3) is 17.5 Å². The maximum atomic E-state index is 11.7. The highest BCUT2D eigenvalue weighted by Crippen LogP contribution is 2.11. The first-order valence-corrected chi connectivity index (χ1v) is 5.84. The number of carbonyl (C=O) groups is 2. The number of hydrazine groups is 1. The molecule has 2 rings (SSSR count). The van der Waals surface area contributed by atoms with E-state index in [1.807, 2.05) is 0 Å². The van der Waals surface area contributed by atoms with Gasteiger partial charge in [-0.15, -0.1) is 0 Å². The molecule has 0 unspecified atom stereocenters. The van der Waals surface area contributed by atoms with Gasteiger partial charge in [-0.05, 0) is 24.3 Å². The summed E-state index contributed by atoms with van der Waals surface area (Å²) in [6.07, 6.45) is 1.45. The predicted octanol–water partition coefficient (Wildman–Crippen LogP) is 1.06. The van der Waals surface area contributed by atoms with E-state index in [0.717, 1.165) is 0 Å². The van der Waals surface area contributed by atoms with E-state index in [2.05, 4.69) is 15.8 Å². The highest BCUT2D eigenvalue weighted by Gasteiger charge is 2.11. The maximum absolute atomic E-state index is 11.7. The number of nitro groups is 1. The van der Waals surface area contributed by atoms with Crippen LogP contribution in [-0.2, 0) is 0 Å². The third-order valence-electron chi connectivity index (χ3n) is 2.53. The molecule has 0 radical (unpaired) electrons.